The highest BCUT2D eigenvalue weighted by Crippen LogP contribution is 2.09. The molecular formula is C15H21N3O2S. The van der Waals surface area contributed by atoms with Crippen molar-refractivity contribution in [3.8, 4) is 0 Å². The largest absolute Gasteiger partial charge is 0.389 e. The molecule has 0 bridgehead atoms. The molecule has 114 valence electrons. The first-order valence-corrected chi connectivity index (χ1v) is 7.17. The number of benzene rings is 1. The van der Waals surface area contributed by atoms with E-state index >= 15 is 0 Å². The summed E-state index contributed by atoms with van der Waals surface area (Å²) in [6, 6.07) is 6.79. The highest BCUT2D eigenvalue weighted by atomic mass is 32.1. The Kier molecular flexibility index (Phi) is 6.30. The minimum Gasteiger partial charge on any atom is -0.389 e. The van der Waals surface area contributed by atoms with Gasteiger partial charge in [-0.1, -0.05) is 31.3 Å². The number of carbonyl (C=O) groups is 2. The summed E-state index contributed by atoms with van der Waals surface area (Å²) < 4.78 is 0. The van der Waals surface area contributed by atoms with Crippen LogP contribution in [-0.4, -0.2) is 53.8 Å². The van der Waals surface area contributed by atoms with Crippen LogP contribution in [0, 0.1) is 0 Å². The maximum atomic E-state index is 12.5. The van der Waals surface area contributed by atoms with Crippen LogP contribution in [-0.2, 0) is 4.79 Å². The van der Waals surface area contributed by atoms with Crippen LogP contribution in [0.15, 0.2) is 24.3 Å². The van der Waals surface area contributed by atoms with E-state index in [0.29, 0.717) is 22.7 Å². The number of amides is 2. The van der Waals surface area contributed by atoms with Gasteiger partial charge in [0.1, 0.15) is 11.5 Å². The van der Waals surface area contributed by atoms with E-state index in [1.807, 2.05) is 6.92 Å². The molecule has 0 radical (unpaired) electrons. The zero-order valence-corrected chi connectivity index (χ0v) is 13.4. The van der Waals surface area contributed by atoms with Crippen LogP contribution >= 0.6 is 12.2 Å². The summed E-state index contributed by atoms with van der Waals surface area (Å²) in [5, 5.41) is 0. The van der Waals surface area contributed by atoms with Crippen molar-refractivity contribution in [3.63, 3.8) is 0 Å². The van der Waals surface area contributed by atoms with Crippen molar-refractivity contribution in [3.05, 3.63) is 35.4 Å². The molecule has 0 saturated heterocycles. The maximum Gasteiger partial charge on any atom is 0.254 e. The third-order valence-electron chi connectivity index (χ3n) is 3.02. The smallest absolute Gasteiger partial charge is 0.254 e. The van der Waals surface area contributed by atoms with Crippen molar-refractivity contribution in [2.24, 2.45) is 5.73 Å². The zero-order valence-electron chi connectivity index (χ0n) is 12.6. The predicted octanol–water partition coefficient (Wildman–Crippen LogP) is 1.26. The van der Waals surface area contributed by atoms with E-state index in [1.165, 1.54) is 4.90 Å². The molecule has 0 atom stereocenters. The molecule has 0 heterocycles. The number of carbonyl (C=O) groups excluding carboxylic acids is 2. The monoisotopic (exact) mass is 307 g/mol. The molecule has 21 heavy (non-hydrogen) atoms. The first-order chi connectivity index (χ1) is 9.86. The molecule has 0 aliphatic heterocycles. The molecular weight excluding hydrogens is 286 g/mol. The second kappa shape index (κ2) is 7.73. The minimum absolute atomic E-state index is 0.0801. The first-order valence-electron chi connectivity index (χ1n) is 6.76. The summed E-state index contributed by atoms with van der Waals surface area (Å²) in [6.45, 7) is 2.59. The van der Waals surface area contributed by atoms with Crippen LogP contribution in [0.3, 0.4) is 0 Å². The van der Waals surface area contributed by atoms with Gasteiger partial charge in [0, 0.05) is 31.8 Å². The van der Waals surface area contributed by atoms with Gasteiger partial charge in [0.15, 0.2) is 0 Å². The van der Waals surface area contributed by atoms with E-state index in [1.54, 1.807) is 43.3 Å². The average Bonchev–Trinajstić information content (AvgIpc) is 2.45. The van der Waals surface area contributed by atoms with Crippen LogP contribution in [0.4, 0.5) is 0 Å². The average molecular weight is 307 g/mol. The Bertz CT molecular complexity index is 526. The summed E-state index contributed by atoms with van der Waals surface area (Å²) in [7, 11) is 3.35. The van der Waals surface area contributed by atoms with Crippen molar-refractivity contribution >= 4 is 29.0 Å². The zero-order chi connectivity index (χ0) is 16.0. The lowest BCUT2D eigenvalue weighted by Gasteiger charge is -2.23. The number of rotatable bonds is 6. The SMILES string of the molecule is CCCN(CC(=O)N(C)C)C(=O)c1ccc(C(N)=S)cc1. The summed E-state index contributed by atoms with van der Waals surface area (Å²) >= 11 is 4.88. The standard InChI is InChI=1S/C15H21N3O2S/c1-4-9-18(10-13(19)17(2)3)15(20)12-7-5-11(6-8-12)14(16)21/h5-8H,4,9-10H2,1-3H3,(H2,16,21). The normalized spacial score (nSPS) is 10.0. The topological polar surface area (TPSA) is 66.6 Å². The molecule has 0 aliphatic rings. The van der Waals surface area contributed by atoms with Gasteiger partial charge < -0.3 is 15.5 Å². The number of nitrogens with two attached hydrogens (primary N) is 1. The summed E-state index contributed by atoms with van der Waals surface area (Å²) in [6.07, 6.45) is 0.789. The molecule has 6 heteroatoms. The molecule has 0 aliphatic carbocycles. The Morgan fingerprint density at radius 1 is 1.14 bits per heavy atom. The Morgan fingerprint density at radius 2 is 1.67 bits per heavy atom. The third kappa shape index (κ3) is 4.82. The molecule has 5 nitrogen and oxygen atoms in total. The van der Waals surface area contributed by atoms with Crippen LogP contribution in [0.2, 0.25) is 0 Å². The predicted molar refractivity (Wildman–Crippen MR) is 87.2 cm³/mol. The fourth-order valence-electron chi connectivity index (χ4n) is 1.79. The van der Waals surface area contributed by atoms with Crippen molar-refractivity contribution in [1.82, 2.24) is 9.80 Å². The molecule has 0 fully saturated rings. The molecule has 0 spiro atoms. The quantitative estimate of drug-likeness (QED) is 0.804. The number of hydrogen-bond donors (Lipinski definition) is 1. The van der Waals surface area contributed by atoms with Crippen molar-refractivity contribution in [2.45, 2.75) is 13.3 Å². The van der Waals surface area contributed by atoms with Gasteiger partial charge in [0.05, 0.1) is 0 Å². The van der Waals surface area contributed by atoms with Gasteiger partial charge in [0.2, 0.25) is 5.91 Å². The number of hydrogen-bond acceptors (Lipinski definition) is 3. The molecule has 0 saturated carbocycles. The van der Waals surface area contributed by atoms with E-state index in [4.69, 9.17) is 18.0 Å². The molecule has 1 aromatic carbocycles. The molecule has 0 aromatic heterocycles. The first kappa shape index (κ1) is 17.1. The Hall–Kier alpha value is -1.95. The summed E-state index contributed by atoms with van der Waals surface area (Å²) in [5.74, 6) is -0.266. The van der Waals surface area contributed by atoms with Gasteiger partial charge in [-0.3, -0.25) is 9.59 Å². The van der Waals surface area contributed by atoms with E-state index in [2.05, 4.69) is 0 Å². The van der Waals surface area contributed by atoms with Gasteiger partial charge in [-0.05, 0) is 18.6 Å². The third-order valence-corrected chi connectivity index (χ3v) is 3.26. The number of likely N-dealkylation sites (N-methyl/N-ethyl adjacent to an activating group) is 1. The molecule has 2 N–H and O–H groups in total. The lowest BCUT2D eigenvalue weighted by molar-refractivity contribution is -0.129. The molecule has 2 amide bonds. The fraction of sp³-hybridized carbons (Fsp3) is 0.400. The van der Waals surface area contributed by atoms with Gasteiger partial charge >= 0.3 is 0 Å². The lowest BCUT2D eigenvalue weighted by Crippen LogP contribution is -2.40. The maximum absolute atomic E-state index is 12.5. The highest BCUT2D eigenvalue weighted by molar-refractivity contribution is 7.80. The second-order valence-electron chi connectivity index (χ2n) is 4.96. The van der Waals surface area contributed by atoms with Gasteiger partial charge in [-0.2, -0.15) is 0 Å². The van der Waals surface area contributed by atoms with Crippen molar-refractivity contribution in [2.75, 3.05) is 27.2 Å². The van der Waals surface area contributed by atoms with Crippen LogP contribution in [0.1, 0.15) is 29.3 Å². The van der Waals surface area contributed by atoms with E-state index in [-0.39, 0.29) is 18.4 Å². The van der Waals surface area contributed by atoms with E-state index < -0.39 is 0 Å². The van der Waals surface area contributed by atoms with E-state index in [9.17, 15) is 9.59 Å². The van der Waals surface area contributed by atoms with Crippen LogP contribution in [0.25, 0.3) is 0 Å². The van der Waals surface area contributed by atoms with Crippen molar-refractivity contribution < 1.29 is 9.59 Å². The fourth-order valence-corrected chi connectivity index (χ4v) is 1.92. The summed E-state index contributed by atoms with van der Waals surface area (Å²) in [4.78, 5) is 27.6. The highest BCUT2D eigenvalue weighted by Gasteiger charge is 2.19. The minimum atomic E-state index is -0.165. The molecule has 1 rings (SSSR count). The molecule has 0 unspecified atom stereocenters. The number of thiocarbonyl (C=S) groups is 1. The molecule has 1 aromatic rings. The Morgan fingerprint density at radius 3 is 2.10 bits per heavy atom. The van der Waals surface area contributed by atoms with Crippen LogP contribution in [0.5, 0.6) is 0 Å². The Balaban J connectivity index is 2.89. The van der Waals surface area contributed by atoms with Gasteiger partial charge in [0.25, 0.3) is 5.91 Å². The second-order valence-corrected chi connectivity index (χ2v) is 5.40. The van der Waals surface area contributed by atoms with Crippen molar-refractivity contribution in [1.29, 1.82) is 0 Å². The lowest BCUT2D eigenvalue weighted by atomic mass is 10.1. The summed E-state index contributed by atoms with van der Waals surface area (Å²) in [5.41, 5.74) is 6.77. The van der Waals surface area contributed by atoms with Crippen LogP contribution < -0.4 is 5.73 Å². The van der Waals surface area contributed by atoms with Gasteiger partial charge in [-0.25, -0.2) is 0 Å². The number of nitrogens with zero attached hydrogens (tertiary/aromatic N) is 2. The van der Waals surface area contributed by atoms with Gasteiger partial charge in [-0.15, -0.1) is 0 Å². The van der Waals surface area contributed by atoms with E-state index in [0.717, 1.165) is 6.42 Å². The Labute approximate surface area is 130 Å².